The van der Waals surface area contributed by atoms with E-state index in [2.05, 4.69) is 33.1 Å². The first-order valence-corrected chi connectivity index (χ1v) is 12.2. The summed E-state index contributed by atoms with van der Waals surface area (Å²) < 4.78 is 12.0. The van der Waals surface area contributed by atoms with Crippen molar-refractivity contribution in [1.29, 1.82) is 0 Å². The lowest BCUT2D eigenvalue weighted by Crippen LogP contribution is -2.17. The van der Waals surface area contributed by atoms with E-state index in [1.54, 1.807) is 60.7 Å². The molecule has 180 valence electrons. The largest absolute Gasteiger partial charge is 0.489 e. The number of carbonyl (C=O) groups excluding carboxylic acids is 2. The number of halogens is 1. The lowest BCUT2D eigenvalue weighted by Gasteiger charge is -2.07. The molecule has 6 nitrogen and oxygen atoms in total. The molecule has 0 radical (unpaired) electrons. The van der Waals surface area contributed by atoms with Crippen molar-refractivity contribution < 1.29 is 19.1 Å². The number of nitrogens with zero attached hydrogens (tertiary/aromatic N) is 1. The monoisotopic (exact) mass is 590 g/mol. The van der Waals surface area contributed by atoms with Crippen molar-refractivity contribution in [1.82, 2.24) is 5.43 Å². The number of benzene rings is 4. The molecule has 0 heterocycles. The molecule has 0 bridgehead atoms. The summed E-state index contributed by atoms with van der Waals surface area (Å²) in [5.74, 6) is 0.350. The third-order valence-electron chi connectivity index (χ3n) is 5.21. The van der Waals surface area contributed by atoms with Gasteiger partial charge in [-0.1, -0.05) is 42.0 Å². The molecular weight excluding hydrogens is 567 g/mol. The molecule has 0 saturated heterocycles. The van der Waals surface area contributed by atoms with Gasteiger partial charge < -0.3 is 9.47 Å². The number of aryl methyl sites for hydroxylation is 1. The molecule has 0 aliphatic rings. The van der Waals surface area contributed by atoms with E-state index in [1.807, 2.05) is 43.3 Å². The van der Waals surface area contributed by atoms with Gasteiger partial charge in [0.05, 0.1) is 11.8 Å². The van der Waals surface area contributed by atoms with Gasteiger partial charge in [0.2, 0.25) is 0 Å². The fourth-order valence-corrected chi connectivity index (χ4v) is 3.80. The van der Waals surface area contributed by atoms with E-state index in [0.717, 1.165) is 14.7 Å². The minimum Gasteiger partial charge on any atom is -0.489 e. The molecular formula is C29H23IN2O4. The van der Waals surface area contributed by atoms with E-state index in [4.69, 9.17) is 9.47 Å². The van der Waals surface area contributed by atoms with E-state index >= 15 is 0 Å². The molecule has 1 N–H and O–H groups in total. The predicted octanol–water partition coefficient (Wildman–Crippen LogP) is 6.16. The van der Waals surface area contributed by atoms with Gasteiger partial charge in [0.15, 0.2) is 0 Å². The van der Waals surface area contributed by atoms with Crippen LogP contribution >= 0.6 is 22.6 Å². The molecule has 0 spiro atoms. The second kappa shape index (κ2) is 12.1. The third-order valence-corrected chi connectivity index (χ3v) is 6.15. The zero-order valence-corrected chi connectivity index (χ0v) is 21.6. The number of carbonyl (C=O) groups is 2. The quantitative estimate of drug-likeness (QED) is 0.0877. The highest BCUT2D eigenvalue weighted by molar-refractivity contribution is 14.1. The molecule has 36 heavy (non-hydrogen) atoms. The van der Waals surface area contributed by atoms with Crippen molar-refractivity contribution in [3.63, 3.8) is 0 Å². The number of hydrogen-bond donors (Lipinski definition) is 1. The topological polar surface area (TPSA) is 77.0 Å². The van der Waals surface area contributed by atoms with Crippen LogP contribution in [0.15, 0.2) is 102 Å². The lowest BCUT2D eigenvalue weighted by atomic mass is 10.2. The Morgan fingerprint density at radius 3 is 2.22 bits per heavy atom. The van der Waals surface area contributed by atoms with Crippen LogP contribution < -0.4 is 14.9 Å². The molecule has 0 atom stereocenters. The van der Waals surface area contributed by atoms with Crippen molar-refractivity contribution in [3.8, 4) is 11.5 Å². The van der Waals surface area contributed by atoms with Gasteiger partial charge >= 0.3 is 5.97 Å². The Balaban J connectivity index is 1.26. The van der Waals surface area contributed by atoms with Crippen molar-refractivity contribution in [2.75, 3.05) is 0 Å². The number of hydrogen-bond acceptors (Lipinski definition) is 5. The Bertz CT molecular complexity index is 1370. The minimum atomic E-state index is -0.416. The highest BCUT2D eigenvalue weighted by Gasteiger charge is 2.11. The van der Waals surface area contributed by atoms with E-state index < -0.39 is 5.97 Å². The Labute approximate surface area is 223 Å². The van der Waals surface area contributed by atoms with Crippen molar-refractivity contribution in [2.45, 2.75) is 13.5 Å². The van der Waals surface area contributed by atoms with Crippen LogP contribution in [0.2, 0.25) is 0 Å². The van der Waals surface area contributed by atoms with Gasteiger partial charge in [-0.15, -0.1) is 0 Å². The third kappa shape index (κ3) is 7.02. The maximum absolute atomic E-state index is 12.4. The van der Waals surface area contributed by atoms with Crippen LogP contribution in [0.5, 0.6) is 11.5 Å². The van der Waals surface area contributed by atoms with Crippen LogP contribution in [0.25, 0.3) is 0 Å². The Morgan fingerprint density at radius 1 is 0.861 bits per heavy atom. The molecule has 0 unspecified atom stereocenters. The van der Waals surface area contributed by atoms with Crippen molar-refractivity contribution in [3.05, 3.63) is 128 Å². The average Bonchev–Trinajstić information content (AvgIpc) is 2.90. The summed E-state index contributed by atoms with van der Waals surface area (Å²) in [5.41, 5.74) is 6.50. The molecule has 7 heteroatoms. The predicted molar refractivity (Wildman–Crippen MR) is 148 cm³/mol. The fraction of sp³-hybridized carbons (Fsp3) is 0.0690. The van der Waals surface area contributed by atoms with E-state index in [0.29, 0.717) is 29.2 Å². The molecule has 4 aromatic carbocycles. The first-order chi connectivity index (χ1) is 17.5. The summed E-state index contributed by atoms with van der Waals surface area (Å²) in [4.78, 5) is 24.7. The zero-order valence-electron chi connectivity index (χ0n) is 19.5. The number of ether oxygens (including phenoxy) is 2. The first-order valence-electron chi connectivity index (χ1n) is 11.2. The summed E-state index contributed by atoms with van der Waals surface area (Å²) >= 11 is 2.10. The number of amides is 1. The molecule has 0 saturated carbocycles. The first kappa shape index (κ1) is 25.1. The highest BCUT2D eigenvalue weighted by Crippen LogP contribution is 2.17. The molecule has 0 fully saturated rings. The normalized spacial score (nSPS) is 10.7. The van der Waals surface area contributed by atoms with E-state index in [9.17, 15) is 9.59 Å². The van der Waals surface area contributed by atoms with Gasteiger partial charge in [0, 0.05) is 9.13 Å². The maximum Gasteiger partial charge on any atom is 0.344 e. The van der Waals surface area contributed by atoms with E-state index in [1.165, 1.54) is 11.8 Å². The van der Waals surface area contributed by atoms with Gasteiger partial charge in [-0.25, -0.2) is 10.2 Å². The molecule has 0 aromatic heterocycles. The fourth-order valence-electron chi connectivity index (χ4n) is 3.19. The van der Waals surface area contributed by atoms with Gasteiger partial charge in [0.25, 0.3) is 5.91 Å². The smallest absolute Gasteiger partial charge is 0.344 e. The van der Waals surface area contributed by atoms with Crippen molar-refractivity contribution >= 4 is 40.7 Å². The standard InChI is InChI=1S/C29H23IN2O4/c1-20-6-8-22(9-7-20)19-35-24-16-12-23(13-17-24)28(33)32-31-18-21-10-14-25(15-11-21)36-29(34)26-4-2-3-5-27(26)30/h2-18H,19H2,1H3,(H,32,33)/b31-18-. The minimum absolute atomic E-state index is 0.334. The number of hydrazone groups is 1. The Kier molecular flexibility index (Phi) is 8.46. The zero-order chi connectivity index (χ0) is 25.3. The van der Waals surface area contributed by atoms with Crippen LogP contribution in [-0.4, -0.2) is 18.1 Å². The summed E-state index contributed by atoms with van der Waals surface area (Å²) in [6.07, 6.45) is 1.52. The summed E-state index contributed by atoms with van der Waals surface area (Å²) in [7, 11) is 0. The highest BCUT2D eigenvalue weighted by atomic mass is 127. The number of nitrogens with one attached hydrogen (secondary N) is 1. The molecule has 0 aliphatic carbocycles. The summed E-state index contributed by atoms with van der Waals surface area (Å²) in [6.45, 7) is 2.50. The summed E-state index contributed by atoms with van der Waals surface area (Å²) in [5, 5.41) is 4.01. The number of esters is 1. The Hall–Kier alpha value is -3.98. The van der Waals surface area contributed by atoms with Crippen LogP contribution in [0, 0.1) is 10.5 Å². The second-order valence-corrected chi connectivity index (χ2v) is 9.10. The van der Waals surface area contributed by atoms with E-state index in [-0.39, 0.29) is 5.91 Å². The molecule has 4 rings (SSSR count). The van der Waals surface area contributed by atoms with Crippen LogP contribution in [0.3, 0.4) is 0 Å². The van der Waals surface area contributed by atoms with Gasteiger partial charge in [-0.2, -0.15) is 5.10 Å². The second-order valence-electron chi connectivity index (χ2n) is 7.94. The van der Waals surface area contributed by atoms with Crippen molar-refractivity contribution in [2.24, 2.45) is 5.10 Å². The van der Waals surface area contributed by atoms with Gasteiger partial charge in [0.1, 0.15) is 18.1 Å². The van der Waals surface area contributed by atoms with Crippen LogP contribution in [-0.2, 0) is 6.61 Å². The Morgan fingerprint density at radius 2 is 1.53 bits per heavy atom. The average molecular weight is 590 g/mol. The van der Waals surface area contributed by atoms with Crippen LogP contribution in [0.4, 0.5) is 0 Å². The van der Waals surface area contributed by atoms with Gasteiger partial charge in [-0.3, -0.25) is 4.79 Å². The molecule has 4 aromatic rings. The van der Waals surface area contributed by atoms with Crippen LogP contribution in [0.1, 0.15) is 37.4 Å². The molecule has 1 amide bonds. The molecule has 0 aliphatic heterocycles. The number of rotatable bonds is 8. The maximum atomic E-state index is 12.4. The SMILES string of the molecule is Cc1ccc(COc2ccc(C(=O)N/N=C\c3ccc(OC(=O)c4ccccc4I)cc3)cc2)cc1. The van der Waals surface area contributed by atoms with Gasteiger partial charge in [-0.05, 0) is 101 Å². The lowest BCUT2D eigenvalue weighted by molar-refractivity contribution is 0.0733. The summed E-state index contributed by atoms with van der Waals surface area (Å²) in [6, 6.07) is 29.1.